The lowest BCUT2D eigenvalue weighted by Crippen LogP contribution is -2.48. The van der Waals surface area contributed by atoms with Crippen LogP contribution in [0, 0.1) is 0 Å². The number of nitrogens with zero attached hydrogens (tertiary/aromatic N) is 1. The lowest BCUT2D eigenvalue weighted by molar-refractivity contribution is -0.125. The number of hydrazine groups is 1. The molecule has 9 heteroatoms. The molecule has 3 rings (SSSR count). The van der Waals surface area contributed by atoms with Gasteiger partial charge in [-0.15, -0.1) is 0 Å². The molecule has 0 bridgehead atoms. The van der Waals surface area contributed by atoms with Gasteiger partial charge < -0.3 is 15.6 Å². The van der Waals surface area contributed by atoms with E-state index in [1.54, 1.807) is 18.1 Å². The third-order valence-electron chi connectivity index (χ3n) is 3.92. The van der Waals surface area contributed by atoms with Gasteiger partial charge in [0.05, 0.1) is 4.90 Å². The predicted molar refractivity (Wildman–Crippen MR) is 87.2 cm³/mol. The third-order valence-corrected chi connectivity index (χ3v) is 5.05. The van der Waals surface area contributed by atoms with Crippen LogP contribution in [-0.4, -0.2) is 43.6 Å². The van der Waals surface area contributed by atoms with Gasteiger partial charge in [-0.2, -0.15) is 0 Å². The van der Waals surface area contributed by atoms with E-state index in [0.717, 1.165) is 6.26 Å². The second-order valence-corrected chi connectivity index (χ2v) is 7.94. The molecule has 1 saturated heterocycles. The minimum absolute atomic E-state index is 0.143. The summed E-state index contributed by atoms with van der Waals surface area (Å²) >= 11 is 0. The zero-order valence-electron chi connectivity index (χ0n) is 13.2. The highest BCUT2D eigenvalue weighted by molar-refractivity contribution is 7.90. The number of allylic oxidation sites excluding steroid dienone is 1. The number of nitrogens with one attached hydrogen (secondary N) is 3. The number of carbonyl (C=O) groups excluding carboxylic acids is 2. The molecule has 2 aliphatic rings. The van der Waals surface area contributed by atoms with Crippen LogP contribution in [0.4, 0.5) is 5.69 Å². The van der Waals surface area contributed by atoms with E-state index in [-0.39, 0.29) is 16.7 Å². The van der Waals surface area contributed by atoms with E-state index < -0.39 is 21.9 Å². The first-order chi connectivity index (χ1) is 11.2. The van der Waals surface area contributed by atoms with Crippen molar-refractivity contribution < 1.29 is 18.0 Å². The number of fused-ring (bicyclic) bond motifs is 1. The van der Waals surface area contributed by atoms with Crippen molar-refractivity contribution in [2.45, 2.75) is 30.3 Å². The maximum Gasteiger partial charge on any atom is 0.248 e. The average Bonchev–Trinajstić information content (AvgIpc) is 2.91. The quantitative estimate of drug-likeness (QED) is 0.706. The Kier molecular flexibility index (Phi) is 4.06. The van der Waals surface area contributed by atoms with Gasteiger partial charge in [0.25, 0.3) is 0 Å². The summed E-state index contributed by atoms with van der Waals surface area (Å²) in [6, 6.07) is 4.99. The number of amides is 2. The molecule has 1 fully saturated rings. The Morgan fingerprint density at radius 1 is 1.29 bits per heavy atom. The summed E-state index contributed by atoms with van der Waals surface area (Å²) in [6.07, 6.45) is 3.23. The zero-order valence-corrected chi connectivity index (χ0v) is 14.1. The molecule has 2 unspecified atom stereocenters. The van der Waals surface area contributed by atoms with Crippen molar-refractivity contribution in [1.29, 1.82) is 0 Å². The number of sulfone groups is 1. The van der Waals surface area contributed by atoms with Gasteiger partial charge in [0.15, 0.2) is 9.84 Å². The molecule has 1 aromatic rings. The van der Waals surface area contributed by atoms with Gasteiger partial charge in [0, 0.05) is 30.3 Å². The largest absolute Gasteiger partial charge is 0.327 e. The maximum atomic E-state index is 12.4. The molecule has 0 saturated carbocycles. The van der Waals surface area contributed by atoms with Crippen LogP contribution in [0.15, 0.2) is 41.1 Å². The summed E-state index contributed by atoms with van der Waals surface area (Å²) in [5.41, 5.74) is 4.20. The molecular formula is C15H18N4O4S. The van der Waals surface area contributed by atoms with Crippen LogP contribution in [0.25, 0.3) is 0 Å². The number of benzene rings is 1. The number of hydrogen-bond acceptors (Lipinski definition) is 6. The van der Waals surface area contributed by atoms with Crippen molar-refractivity contribution in [3.63, 3.8) is 0 Å². The van der Waals surface area contributed by atoms with Crippen molar-refractivity contribution in [3.05, 3.63) is 36.2 Å². The van der Waals surface area contributed by atoms with E-state index in [9.17, 15) is 18.0 Å². The van der Waals surface area contributed by atoms with Crippen molar-refractivity contribution in [2.24, 2.45) is 0 Å². The van der Waals surface area contributed by atoms with Gasteiger partial charge in [0.1, 0.15) is 12.1 Å². The van der Waals surface area contributed by atoms with Gasteiger partial charge >= 0.3 is 0 Å². The second-order valence-electron chi connectivity index (χ2n) is 5.93. The molecule has 0 aromatic heterocycles. The van der Waals surface area contributed by atoms with E-state index in [4.69, 9.17) is 0 Å². The SMILES string of the molecule is CC1=CN2NC(C(=O)Nc3ccc(S(C)(=O)=O)cc3)CC2C(=O)N1. The minimum atomic E-state index is -3.27. The first kappa shape index (κ1) is 16.5. The van der Waals surface area contributed by atoms with Crippen LogP contribution in [0.3, 0.4) is 0 Å². The Labute approximate surface area is 139 Å². The molecule has 1 aromatic carbocycles. The Balaban J connectivity index is 1.67. The average molecular weight is 350 g/mol. The number of anilines is 1. The Morgan fingerprint density at radius 2 is 1.96 bits per heavy atom. The molecule has 0 aliphatic carbocycles. The first-order valence-electron chi connectivity index (χ1n) is 7.39. The summed E-state index contributed by atoms with van der Waals surface area (Å²) in [5, 5.41) is 7.10. The lowest BCUT2D eigenvalue weighted by Gasteiger charge is -2.27. The van der Waals surface area contributed by atoms with E-state index in [2.05, 4.69) is 16.1 Å². The maximum absolute atomic E-state index is 12.4. The van der Waals surface area contributed by atoms with Crippen LogP contribution in [0.5, 0.6) is 0 Å². The summed E-state index contributed by atoms with van der Waals surface area (Å²) in [7, 11) is -3.27. The lowest BCUT2D eigenvalue weighted by atomic mass is 10.1. The first-order valence-corrected chi connectivity index (χ1v) is 9.28. The Morgan fingerprint density at radius 3 is 2.58 bits per heavy atom. The fourth-order valence-corrected chi connectivity index (χ4v) is 3.35. The smallest absolute Gasteiger partial charge is 0.248 e. The summed E-state index contributed by atoms with van der Waals surface area (Å²) in [4.78, 5) is 24.5. The summed E-state index contributed by atoms with van der Waals surface area (Å²) in [5.74, 6) is -0.425. The highest BCUT2D eigenvalue weighted by atomic mass is 32.2. The van der Waals surface area contributed by atoms with Crippen LogP contribution < -0.4 is 16.1 Å². The number of carbonyl (C=O) groups is 2. The molecule has 8 nitrogen and oxygen atoms in total. The van der Waals surface area contributed by atoms with Crippen molar-refractivity contribution in [3.8, 4) is 0 Å². The number of rotatable bonds is 3. The van der Waals surface area contributed by atoms with Gasteiger partial charge in [0.2, 0.25) is 11.8 Å². The van der Waals surface area contributed by atoms with E-state index in [0.29, 0.717) is 17.8 Å². The van der Waals surface area contributed by atoms with Gasteiger partial charge in [-0.3, -0.25) is 9.59 Å². The number of hydrogen-bond donors (Lipinski definition) is 3. The molecule has 128 valence electrons. The van der Waals surface area contributed by atoms with Gasteiger partial charge in [-0.25, -0.2) is 13.8 Å². The molecule has 2 heterocycles. The topological polar surface area (TPSA) is 108 Å². The van der Waals surface area contributed by atoms with Crippen LogP contribution in [-0.2, 0) is 19.4 Å². The standard InChI is InChI=1S/C15H18N4O4S/c1-9-8-19-13(15(21)16-9)7-12(18-19)14(20)17-10-3-5-11(6-4-10)24(2,22)23/h3-6,8,12-13,18H,7H2,1-2H3,(H,16,21)(H,17,20). The van der Waals surface area contributed by atoms with Crippen molar-refractivity contribution in [2.75, 3.05) is 11.6 Å². The molecule has 2 aliphatic heterocycles. The highest BCUT2D eigenvalue weighted by Crippen LogP contribution is 2.21. The normalized spacial score (nSPS) is 23.3. The molecular weight excluding hydrogens is 332 g/mol. The van der Waals surface area contributed by atoms with Crippen LogP contribution >= 0.6 is 0 Å². The minimum Gasteiger partial charge on any atom is -0.327 e. The van der Waals surface area contributed by atoms with Crippen molar-refractivity contribution >= 4 is 27.3 Å². The van der Waals surface area contributed by atoms with Gasteiger partial charge in [-0.05, 0) is 31.2 Å². The van der Waals surface area contributed by atoms with Crippen molar-refractivity contribution in [1.82, 2.24) is 15.8 Å². The summed E-state index contributed by atoms with van der Waals surface area (Å²) < 4.78 is 22.9. The van der Waals surface area contributed by atoms with E-state index in [1.807, 2.05) is 0 Å². The monoisotopic (exact) mass is 350 g/mol. The fourth-order valence-electron chi connectivity index (χ4n) is 2.72. The molecule has 2 amide bonds. The molecule has 2 atom stereocenters. The third kappa shape index (κ3) is 3.26. The molecule has 0 radical (unpaired) electrons. The van der Waals surface area contributed by atoms with Crippen LogP contribution in [0.2, 0.25) is 0 Å². The van der Waals surface area contributed by atoms with Gasteiger partial charge in [-0.1, -0.05) is 0 Å². The second kappa shape index (κ2) is 5.91. The molecule has 24 heavy (non-hydrogen) atoms. The van der Waals surface area contributed by atoms with E-state index in [1.165, 1.54) is 24.3 Å². The van der Waals surface area contributed by atoms with Crippen LogP contribution in [0.1, 0.15) is 13.3 Å². The fraction of sp³-hybridized carbons (Fsp3) is 0.333. The highest BCUT2D eigenvalue weighted by Gasteiger charge is 2.40. The Hall–Kier alpha value is -2.39. The van der Waals surface area contributed by atoms with E-state index >= 15 is 0 Å². The Bertz CT molecular complexity index is 816. The zero-order chi connectivity index (χ0) is 17.5. The summed E-state index contributed by atoms with van der Waals surface area (Å²) in [6.45, 7) is 1.77. The predicted octanol–water partition coefficient (Wildman–Crippen LogP) is -0.0328. The molecule has 0 spiro atoms. The molecule has 3 N–H and O–H groups in total.